The monoisotopic (exact) mass is 399 g/mol. The molecule has 29 heavy (non-hydrogen) atoms. The van der Waals surface area contributed by atoms with Crippen molar-refractivity contribution in [2.24, 2.45) is 0 Å². The van der Waals surface area contributed by atoms with Gasteiger partial charge < -0.3 is 19.9 Å². The molecule has 0 spiro atoms. The number of rotatable bonds is 6. The third-order valence-corrected chi connectivity index (χ3v) is 4.07. The fraction of sp³-hybridized carbons (Fsp3) is 0.318. The number of methoxy groups -OCH3 is 1. The standard InChI is InChI=1S/C22H25NO6/c1-22(2,3)29-21(27)23-18(15-9-11-16(12-10-15)19(24)25)13-14-5-7-17(8-6-14)20(26)28-4/h5-12,18H,13H2,1-4H3,(H,23,27)(H,24,25). The van der Waals surface area contributed by atoms with Crippen molar-refractivity contribution < 1.29 is 29.0 Å². The van der Waals surface area contributed by atoms with Crippen LogP contribution in [0.2, 0.25) is 0 Å². The summed E-state index contributed by atoms with van der Waals surface area (Å²) in [5.41, 5.74) is 1.55. The van der Waals surface area contributed by atoms with E-state index >= 15 is 0 Å². The molecule has 0 fully saturated rings. The van der Waals surface area contributed by atoms with Gasteiger partial charge in [-0.2, -0.15) is 0 Å². The van der Waals surface area contributed by atoms with Crippen LogP contribution in [0.15, 0.2) is 48.5 Å². The molecule has 1 atom stereocenters. The Balaban J connectivity index is 2.25. The lowest BCUT2D eigenvalue weighted by Crippen LogP contribution is -2.35. The molecule has 0 radical (unpaired) electrons. The number of carbonyl (C=O) groups excluding carboxylic acids is 2. The lowest BCUT2D eigenvalue weighted by Gasteiger charge is -2.24. The van der Waals surface area contributed by atoms with Crippen molar-refractivity contribution in [2.75, 3.05) is 7.11 Å². The van der Waals surface area contributed by atoms with Gasteiger partial charge in [-0.15, -0.1) is 0 Å². The van der Waals surface area contributed by atoms with Crippen LogP contribution in [0.5, 0.6) is 0 Å². The van der Waals surface area contributed by atoms with Crippen molar-refractivity contribution in [3.63, 3.8) is 0 Å². The summed E-state index contributed by atoms with van der Waals surface area (Å²) in [7, 11) is 1.32. The van der Waals surface area contributed by atoms with Crippen molar-refractivity contribution in [1.82, 2.24) is 5.32 Å². The molecule has 2 rings (SSSR count). The van der Waals surface area contributed by atoms with Gasteiger partial charge in [-0.05, 0) is 62.6 Å². The Bertz CT molecular complexity index is 866. The van der Waals surface area contributed by atoms with E-state index in [0.717, 1.165) is 11.1 Å². The summed E-state index contributed by atoms with van der Waals surface area (Å²) in [6.45, 7) is 5.32. The van der Waals surface area contributed by atoms with Crippen LogP contribution in [0.3, 0.4) is 0 Å². The van der Waals surface area contributed by atoms with Crippen LogP contribution in [0.25, 0.3) is 0 Å². The van der Waals surface area contributed by atoms with Crippen LogP contribution in [0.1, 0.15) is 58.7 Å². The van der Waals surface area contributed by atoms with Crippen LogP contribution < -0.4 is 5.32 Å². The molecule has 2 aromatic carbocycles. The SMILES string of the molecule is COC(=O)c1ccc(CC(NC(=O)OC(C)(C)C)c2ccc(C(=O)O)cc2)cc1. The Kier molecular flexibility index (Phi) is 6.98. The fourth-order valence-corrected chi connectivity index (χ4v) is 2.69. The number of esters is 1. The number of hydrogen-bond donors (Lipinski definition) is 2. The molecule has 0 saturated carbocycles. The molecule has 1 amide bonds. The Morgan fingerprint density at radius 1 is 0.966 bits per heavy atom. The molecule has 7 heteroatoms. The molecule has 7 nitrogen and oxygen atoms in total. The molecule has 2 N–H and O–H groups in total. The molecule has 0 saturated heterocycles. The lowest BCUT2D eigenvalue weighted by atomic mass is 9.97. The highest BCUT2D eigenvalue weighted by Gasteiger charge is 2.21. The zero-order chi connectivity index (χ0) is 21.6. The minimum absolute atomic E-state index is 0.159. The highest BCUT2D eigenvalue weighted by Crippen LogP contribution is 2.21. The predicted molar refractivity (Wildman–Crippen MR) is 107 cm³/mol. The van der Waals surface area contributed by atoms with E-state index in [2.05, 4.69) is 5.32 Å². The normalized spacial score (nSPS) is 12.0. The number of carboxylic acid groups (broad SMARTS) is 1. The first kappa shape index (κ1) is 21.9. The van der Waals surface area contributed by atoms with Crippen molar-refractivity contribution in [3.8, 4) is 0 Å². The third-order valence-electron chi connectivity index (χ3n) is 4.07. The molecule has 0 aliphatic carbocycles. The second kappa shape index (κ2) is 9.23. The number of ether oxygens (including phenoxy) is 2. The highest BCUT2D eigenvalue weighted by atomic mass is 16.6. The zero-order valence-electron chi connectivity index (χ0n) is 16.9. The van der Waals surface area contributed by atoms with E-state index in [-0.39, 0.29) is 5.56 Å². The van der Waals surface area contributed by atoms with E-state index in [1.54, 1.807) is 57.2 Å². The topological polar surface area (TPSA) is 102 Å². The number of nitrogens with one attached hydrogen (secondary N) is 1. The van der Waals surface area contributed by atoms with E-state index in [9.17, 15) is 14.4 Å². The molecule has 0 aliphatic heterocycles. The predicted octanol–water partition coefficient (Wildman–Crippen LogP) is 3.98. The van der Waals surface area contributed by atoms with Gasteiger partial charge in [0.2, 0.25) is 0 Å². The Hall–Kier alpha value is -3.35. The Morgan fingerprint density at radius 2 is 1.52 bits per heavy atom. The fourth-order valence-electron chi connectivity index (χ4n) is 2.69. The quantitative estimate of drug-likeness (QED) is 0.713. The lowest BCUT2D eigenvalue weighted by molar-refractivity contribution is 0.0501. The van der Waals surface area contributed by atoms with E-state index in [4.69, 9.17) is 14.6 Å². The van der Waals surface area contributed by atoms with Crippen molar-refractivity contribution in [3.05, 3.63) is 70.8 Å². The molecule has 0 aromatic heterocycles. The first-order chi connectivity index (χ1) is 13.6. The van der Waals surface area contributed by atoms with E-state index in [1.165, 1.54) is 19.2 Å². The van der Waals surface area contributed by atoms with Gasteiger partial charge in [0.05, 0.1) is 24.3 Å². The summed E-state index contributed by atoms with van der Waals surface area (Å²) in [6.07, 6.45) is -0.149. The smallest absolute Gasteiger partial charge is 0.408 e. The molecule has 0 heterocycles. The minimum atomic E-state index is -1.02. The summed E-state index contributed by atoms with van der Waals surface area (Å²) in [5, 5.41) is 11.9. The van der Waals surface area contributed by atoms with Gasteiger partial charge >= 0.3 is 18.0 Å². The Morgan fingerprint density at radius 3 is 2.00 bits per heavy atom. The number of amides is 1. The maximum Gasteiger partial charge on any atom is 0.408 e. The Labute approximate surface area is 169 Å². The van der Waals surface area contributed by atoms with E-state index < -0.39 is 29.7 Å². The number of carbonyl (C=O) groups is 3. The maximum absolute atomic E-state index is 12.3. The van der Waals surface area contributed by atoms with Gasteiger partial charge in [0, 0.05) is 0 Å². The van der Waals surface area contributed by atoms with E-state index in [0.29, 0.717) is 12.0 Å². The molecular weight excluding hydrogens is 374 g/mol. The van der Waals surface area contributed by atoms with Crippen LogP contribution in [-0.2, 0) is 15.9 Å². The number of benzene rings is 2. The average molecular weight is 399 g/mol. The van der Waals surface area contributed by atoms with Gasteiger partial charge in [0.1, 0.15) is 5.60 Å². The average Bonchev–Trinajstić information content (AvgIpc) is 2.66. The van der Waals surface area contributed by atoms with Crippen LogP contribution in [0.4, 0.5) is 4.79 Å². The summed E-state index contributed by atoms with van der Waals surface area (Å²) in [5.74, 6) is -1.45. The molecule has 1 unspecified atom stereocenters. The summed E-state index contributed by atoms with van der Waals surface area (Å²) >= 11 is 0. The molecule has 0 aliphatic rings. The first-order valence-corrected chi connectivity index (χ1v) is 9.09. The summed E-state index contributed by atoms with van der Waals surface area (Å²) < 4.78 is 10.0. The molecule has 0 bridgehead atoms. The van der Waals surface area contributed by atoms with Crippen molar-refractivity contribution >= 4 is 18.0 Å². The second-order valence-corrected chi connectivity index (χ2v) is 7.52. The van der Waals surface area contributed by atoms with Crippen LogP contribution in [0, 0.1) is 0 Å². The van der Waals surface area contributed by atoms with Gasteiger partial charge in [-0.3, -0.25) is 0 Å². The molecule has 2 aromatic rings. The highest BCUT2D eigenvalue weighted by molar-refractivity contribution is 5.89. The number of alkyl carbamates (subject to hydrolysis) is 1. The third kappa shape index (κ3) is 6.64. The first-order valence-electron chi connectivity index (χ1n) is 9.09. The van der Waals surface area contributed by atoms with Crippen molar-refractivity contribution in [2.45, 2.75) is 38.8 Å². The number of hydrogen-bond acceptors (Lipinski definition) is 5. The molecular formula is C22H25NO6. The summed E-state index contributed by atoms with van der Waals surface area (Å²) in [6, 6.07) is 12.7. The van der Waals surface area contributed by atoms with Crippen molar-refractivity contribution in [1.29, 1.82) is 0 Å². The van der Waals surface area contributed by atoms with Gasteiger partial charge in [-0.25, -0.2) is 14.4 Å². The summed E-state index contributed by atoms with van der Waals surface area (Å²) in [4.78, 5) is 35.0. The number of aromatic carboxylic acids is 1. The van der Waals surface area contributed by atoms with E-state index in [1.807, 2.05) is 0 Å². The maximum atomic E-state index is 12.3. The molecule has 154 valence electrons. The minimum Gasteiger partial charge on any atom is -0.478 e. The largest absolute Gasteiger partial charge is 0.478 e. The second-order valence-electron chi connectivity index (χ2n) is 7.52. The number of carboxylic acids is 1. The van der Waals surface area contributed by atoms with Gasteiger partial charge in [0.25, 0.3) is 0 Å². The zero-order valence-corrected chi connectivity index (χ0v) is 16.9. The van der Waals surface area contributed by atoms with Crippen LogP contribution in [-0.4, -0.2) is 35.8 Å². The van der Waals surface area contributed by atoms with Crippen LogP contribution >= 0.6 is 0 Å². The van der Waals surface area contributed by atoms with Gasteiger partial charge in [-0.1, -0.05) is 24.3 Å². The van der Waals surface area contributed by atoms with Gasteiger partial charge in [0.15, 0.2) is 0 Å².